The van der Waals surface area contributed by atoms with Crippen LogP contribution in [0, 0.1) is 5.92 Å². The van der Waals surface area contributed by atoms with E-state index in [0.29, 0.717) is 12.0 Å². The lowest BCUT2D eigenvalue weighted by Gasteiger charge is -2.38. The predicted octanol–water partition coefficient (Wildman–Crippen LogP) is 0.951. The molecule has 4 heteroatoms. The molecule has 2 unspecified atom stereocenters. The van der Waals surface area contributed by atoms with E-state index in [-0.39, 0.29) is 13.1 Å². The number of carbonyl (C=O) groups is 2. The van der Waals surface area contributed by atoms with E-state index in [9.17, 15) is 9.59 Å². The Hall–Kier alpha value is -0.900. The van der Waals surface area contributed by atoms with Crippen LogP contribution in [0.3, 0.4) is 0 Å². The van der Waals surface area contributed by atoms with Crippen LogP contribution in [-0.2, 0) is 14.3 Å². The van der Waals surface area contributed by atoms with Crippen molar-refractivity contribution in [1.82, 2.24) is 4.90 Å². The second-order valence-electron chi connectivity index (χ2n) is 4.58. The van der Waals surface area contributed by atoms with Gasteiger partial charge in [0.05, 0.1) is 13.1 Å². The molecule has 0 spiro atoms. The Kier molecular flexibility index (Phi) is 3.05. The first kappa shape index (κ1) is 10.6. The van der Waals surface area contributed by atoms with Crippen molar-refractivity contribution in [1.29, 1.82) is 0 Å². The van der Waals surface area contributed by atoms with E-state index in [4.69, 9.17) is 0 Å². The van der Waals surface area contributed by atoms with Gasteiger partial charge in [-0.05, 0) is 18.8 Å². The summed E-state index contributed by atoms with van der Waals surface area (Å²) in [6, 6.07) is 0.385. The van der Waals surface area contributed by atoms with Crippen LogP contribution in [0.15, 0.2) is 0 Å². The molecule has 0 aromatic heterocycles. The molecule has 1 aliphatic carbocycles. The molecule has 1 aliphatic heterocycles. The van der Waals surface area contributed by atoms with E-state index in [2.05, 4.69) is 11.7 Å². The van der Waals surface area contributed by atoms with Crippen LogP contribution in [0.25, 0.3) is 0 Å². The van der Waals surface area contributed by atoms with Crippen LogP contribution in [-0.4, -0.2) is 36.0 Å². The van der Waals surface area contributed by atoms with Gasteiger partial charge in [-0.15, -0.1) is 0 Å². The Morgan fingerprint density at radius 1 is 1.13 bits per heavy atom. The van der Waals surface area contributed by atoms with Gasteiger partial charge in [-0.3, -0.25) is 14.5 Å². The smallest absolute Gasteiger partial charge is 0.327 e. The number of cyclic esters (lactones) is 2. The average Bonchev–Trinajstić information content (AvgIpc) is 2.16. The Morgan fingerprint density at radius 3 is 2.33 bits per heavy atom. The second kappa shape index (κ2) is 4.31. The van der Waals surface area contributed by atoms with Gasteiger partial charge < -0.3 is 4.74 Å². The van der Waals surface area contributed by atoms with Crippen molar-refractivity contribution < 1.29 is 14.3 Å². The molecule has 0 N–H and O–H groups in total. The lowest BCUT2D eigenvalue weighted by molar-refractivity contribution is -0.168. The topological polar surface area (TPSA) is 46.6 Å². The zero-order valence-electron chi connectivity index (χ0n) is 9.07. The molecule has 84 valence electrons. The molecule has 0 amide bonds. The second-order valence-corrected chi connectivity index (χ2v) is 4.58. The molecule has 1 saturated carbocycles. The van der Waals surface area contributed by atoms with Crippen molar-refractivity contribution in [3.63, 3.8) is 0 Å². The van der Waals surface area contributed by atoms with E-state index in [1.165, 1.54) is 19.3 Å². The largest absolute Gasteiger partial charge is 0.391 e. The molecular weight excluding hydrogens is 194 g/mol. The summed E-state index contributed by atoms with van der Waals surface area (Å²) < 4.78 is 4.52. The fourth-order valence-corrected chi connectivity index (χ4v) is 2.65. The van der Waals surface area contributed by atoms with Gasteiger partial charge in [-0.25, -0.2) is 0 Å². The molecule has 2 aliphatic rings. The predicted molar refractivity (Wildman–Crippen MR) is 54.1 cm³/mol. The van der Waals surface area contributed by atoms with E-state index in [0.717, 1.165) is 6.42 Å². The molecule has 15 heavy (non-hydrogen) atoms. The average molecular weight is 211 g/mol. The van der Waals surface area contributed by atoms with Gasteiger partial charge in [0, 0.05) is 6.04 Å². The fraction of sp³-hybridized carbons (Fsp3) is 0.818. The number of morpholine rings is 1. The van der Waals surface area contributed by atoms with Crippen LogP contribution in [0.5, 0.6) is 0 Å². The van der Waals surface area contributed by atoms with Crippen LogP contribution in [0.4, 0.5) is 0 Å². The summed E-state index contributed by atoms with van der Waals surface area (Å²) in [5, 5.41) is 0. The minimum atomic E-state index is -0.399. The maximum absolute atomic E-state index is 11.1. The molecule has 0 aromatic carbocycles. The number of esters is 2. The summed E-state index contributed by atoms with van der Waals surface area (Å²) in [4.78, 5) is 24.3. The maximum atomic E-state index is 11.1. The highest BCUT2D eigenvalue weighted by Gasteiger charge is 2.33. The van der Waals surface area contributed by atoms with Crippen molar-refractivity contribution in [2.45, 2.75) is 38.6 Å². The first-order chi connectivity index (χ1) is 7.16. The summed E-state index contributed by atoms with van der Waals surface area (Å²) >= 11 is 0. The summed E-state index contributed by atoms with van der Waals surface area (Å²) in [5.74, 6) is -0.217. The van der Waals surface area contributed by atoms with Crippen molar-refractivity contribution in [3.05, 3.63) is 0 Å². The van der Waals surface area contributed by atoms with Gasteiger partial charge in [0.25, 0.3) is 0 Å². The van der Waals surface area contributed by atoms with Gasteiger partial charge in [-0.2, -0.15) is 0 Å². The van der Waals surface area contributed by atoms with Crippen LogP contribution < -0.4 is 0 Å². The third-order valence-electron chi connectivity index (χ3n) is 3.43. The highest BCUT2D eigenvalue weighted by atomic mass is 16.6. The Bertz CT molecular complexity index is 261. The van der Waals surface area contributed by atoms with Gasteiger partial charge in [0.1, 0.15) is 0 Å². The fourth-order valence-electron chi connectivity index (χ4n) is 2.65. The highest BCUT2D eigenvalue weighted by molar-refractivity contribution is 5.90. The Balaban J connectivity index is 2.01. The zero-order valence-corrected chi connectivity index (χ0v) is 9.07. The first-order valence-corrected chi connectivity index (χ1v) is 5.64. The van der Waals surface area contributed by atoms with Crippen molar-refractivity contribution in [3.8, 4) is 0 Å². The molecule has 1 saturated heterocycles. The number of ether oxygens (including phenoxy) is 1. The number of nitrogens with zero attached hydrogens (tertiary/aromatic N) is 1. The summed E-state index contributed by atoms with van der Waals surface area (Å²) in [6.07, 6.45) is 4.77. The molecule has 2 atom stereocenters. The normalized spacial score (nSPS) is 33.9. The number of hydrogen-bond acceptors (Lipinski definition) is 4. The number of carbonyl (C=O) groups excluding carboxylic acids is 2. The first-order valence-electron chi connectivity index (χ1n) is 5.64. The van der Waals surface area contributed by atoms with E-state index < -0.39 is 11.9 Å². The lowest BCUT2D eigenvalue weighted by atomic mass is 9.85. The quantitative estimate of drug-likeness (QED) is 0.478. The highest BCUT2D eigenvalue weighted by Crippen LogP contribution is 2.28. The van der Waals surface area contributed by atoms with Crippen molar-refractivity contribution in [2.75, 3.05) is 13.1 Å². The molecule has 1 heterocycles. The minimum Gasteiger partial charge on any atom is -0.391 e. The third-order valence-corrected chi connectivity index (χ3v) is 3.43. The van der Waals surface area contributed by atoms with Gasteiger partial charge in [0.15, 0.2) is 0 Å². The van der Waals surface area contributed by atoms with E-state index in [1.807, 2.05) is 4.90 Å². The van der Waals surface area contributed by atoms with Crippen LogP contribution >= 0.6 is 0 Å². The van der Waals surface area contributed by atoms with E-state index >= 15 is 0 Å². The third kappa shape index (κ3) is 2.37. The molecule has 2 fully saturated rings. The summed E-state index contributed by atoms with van der Waals surface area (Å²) in [7, 11) is 0. The van der Waals surface area contributed by atoms with Crippen molar-refractivity contribution in [2.24, 2.45) is 5.92 Å². The molecule has 2 rings (SSSR count). The van der Waals surface area contributed by atoms with Crippen LogP contribution in [0.2, 0.25) is 0 Å². The monoisotopic (exact) mass is 211 g/mol. The molecule has 0 bridgehead atoms. The molecule has 0 aromatic rings. The minimum absolute atomic E-state index is 0.279. The van der Waals surface area contributed by atoms with Crippen LogP contribution in [0.1, 0.15) is 32.6 Å². The number of rotatable bonds is 1. The van der Waals surface area contributed by atoms with Gasteiger partial charge in [0.2, 0.25) is 0 Å². The maximum Gasteiger partial charge on any atom is 0.327 e. The summed E-state index contributed by atoms with van der Waals surface area (Å²) in [6.45, 7) is 2.76. The summed E-state index contributed by atoms with van der Waals surface area (Å²) in [5.41, 5.74) is 0. The standard InChI is InChI=1S/C11H17NO3/c1-8-4-2-3-5-9(8)12-6-10(13)15-11(14)7-12/h8-9H,2-7H2,1H3. The van der Waals surface area contributed by atoms with Gasteiger partial charge >= 0.3 is 11.9 Å². The Morgan fingerprint density at radius 2 is 1.73 bits per heavy atom. The van der Waals surface area contributed by atoms with Crippen molar-refractivity contribution >= 4 is 11.9 Å². The van der Waals surface area contributed by atoms with Gasteiger partial charge in [-0.1, -0.05) is 19.8 Å². The van der Waals surface area contributed by atoms with E-state index in [1.54, 1.807) is 0 Å². The Labute approximate surface area is 89.6 Å². The lowest BCUT2D eigenvalue weighted by Crippen LogP contribution is -2.51. The molecular formula is C11H17NO3. The zero-order chi connectivity index (χ0) is 10.8. The molecule has 0 radical (unpaired) electrons. The molecule has 4 nitrogen and oxygen atoms in total. The number of hydrogen-bond donors (Lipinski definition) is 0. The SMILES string of the molecule is CC1CCCCC1N1CC(=O)OC(=O)C1.